The predicted octanol–water partition coefficient (Wildman–Crippen LogP) is 2.18. The highest BCUT2D eigenvalue weighted by molar-refractivity contribution is 5.75. The number of aromatic nitrogens is 4. The van der Waals surface area contributed by atoms with Crippen molar-refractivity contribution in [1.29, 1.82) is 0 Å². The molecule has 1 fully saturated rings. The van der Waals surface area contributed by atoms with Crippen LogP contribution in [0.4, 0.5) is 0 Å². The van der Waals surface area contributed by atoms with Crippen LogP contribution in [0.2, 0.25) is 0 Å². The number of carbonyl (C=O) groups is 1. The molecule has 2 heterocycles. The van der Waals surface area contributed by atoms with Gasteiger partial charge in [0.2, 0.25) is 11.7 Å². The number of hydrogen-bond donors (Lipinski definition) is 1. The molecule has 1 saturated heterocycles. The van der Waals surface area contributed by atoms with Crippen molar-refractivity contribution >= 4 is 5.91 Å². The van der Waals surface area contributed by atoms with Crippen molar-refractivity contribution < 1.29 is 4.79 Å². The Morgan fingerprint density at radius 1 is 0.969 bits per heavy atom. The smallest absolute Gasteiger partial charge is 0.220 e. The first-order valence-electron chi connectivity index (χ1n) is 11.2. The second-order valence-corrected chi connectivity index (χ2v) is 8.35. The van der Waals surface area contributed by atoms with E-state index >= 15 is 0 Å². The fourth-order valence-electron chi connectivity index (χ4n) is 3.74. The molecule has 1 N–H and O–H groups in total. The number of hydrogen-bond acceptors (Lipinski definition) is 6. The van der Waals surface area contributed by atoms with Gasteiger partial charge in [-0.3, -0.25) is 9.69 Å². The average Bonchev–Trinajstić information content (AvgIpc) is 3.30. The van der Waals surface area contributed by atoms with E-state index in [9.17, 15) is 4.79 Å². The Bertz CT molecular complexity index is 979. The molecule has 2 aromatic carbocycles. The van der Waals surface area contributed by atoms with Crippen molar-refractivity contribution in [2.24, 2.45) is 0 Å². The molecule has 3 aromatic rings. The minimum Gasteiger partial charge on any atom is -0.352 e. The largest absolute Gasteiger partial charge is 0.352 e. The number of rotatable bonds is 9. The lowest BCUT2D eigenvalue weighted by molar-refractivity contribution is -0.121. The van der Waals surface area contributed by atoms with Crippen LogP contribution in [0.15, 0.2) is 54.6 Å². The third kappa shape index (κ3) is 6.45. The van der Waals surface area contributed by atoms with Gasteiger partial charge in [-0.2, -0.15) is 4.80 Å². The fourth-order valence-corrected chi connectivity index (χ4v) is 3.74. The standard InChI is InChI=1S/C24H31N7O/c1-29-14-16-30(17-15-29)19-21-11-9-20(10-12-21)18-25-23(32)8-5-13-31-27-24(26-28-31)22-6-3-2-4-7-22/h2-4,6-7,9-12H,5,8,13-19H2,1H3,(H,25,32). The van der Waals surface area contributed by atoms with Gasteiger partial charge in [0, 0.05) is 51.3 Å². The molecule has 0 atom stereocenters. The molecule has 1 aliphatic rings. The summed E-state index contributed by atoms with van der Waals surface area (Å²) in [5.74, 6) is 0.640. The number of likely N-dealkylation sites (N-methyl/N-ethyl adjacent to an activating group) is 1. The van der Waals surface area contributed by atoms with E-state index in [4.69, 9.17) is 0 Å². The van der Waals surface area contributed by atoms with Crippen LogP contribution in [-0.2, 0) is 24.4 Å². The highest BCUT2D eigenvalue weighted by atomic mass is 16.1. The van der Waals surface area contributed by atoms with Crippen molar-refractivity contribution in [1.82, 2.24) is 35.3 Å². The summed E-state index contributed by atoms with van der Waals surface area (Å²) >= 11 is 0. The number of amides is 1. The molecular formula is C24H31N7O. The second-order valence-electron chi connectivity index (χ2n) is 8.35. The number of nitrogens with one attached hydrogen (secondary N) is 1. The molecule has 168 valence electrons. The number of nitrogens with zero attached hydrogens (tertiary/aromatic N) is 6. The van der Waals surface area contributed by atoms with E-state index in [1.165, 1.54) is 5.56 Å². The van der Waals surface area contributed by atoms with Crippen LogP contribution in [-0.4, -0.2) is 69.1 Å². The van der Waals surface area contributed by atoms with E-state index < -0.39 is 0 Å². The van der Waals surface area contributed by atoms with E-state index in [0.717, 1.165) is 43.9 Å². The van der Waals surface area contributed by atoms with Crippen LogP contribution in [0.25, 0.3) is 11.4 Å². The van der Waals surface area contributed by atoms with E-state index in [-0.39, 0.29) is 5.91 Å². The van der Waals surface area contributed by atoms with Gasteiger partial charge >= 0.3 is 0 Å². The van der Waals surface area contributed by atoms with Gasteiger partial charge in [0.05, 0.1) is 6.54 Å². The highest BCUT2D eigenvalue weighted by Crippen LogP contribution is 2.12. The molecule has 8 heteroatoms. The van der Waals surface area contributed by atoms with Gasteiger partial charge in [0.1, 0.15) is 0 Å². The molecule has 0 unspecified atom stereocenters. The summed E-state index contributed by atoms with van der Waals surface area (Å²) < 4.78 is 0. The van der Waals surface area contributed by atoms with E-state index in [2.05, 4.69) is 61.8 Å². The minimum atomic E-state index is 0.0370. The molecule has 8 nitrogen and oxygen atoms in total. The van der Waals surface area contributed by atoms with Crippen molar-refractivity contribution in [2.75, 3.05) is 33.2 Å². The Hall–Kier alpha value is -3.10. The van der Waals surface area contributed by atoms with Crippen molar-refractivity contribution in [3.63, 3.8) is 0 Å². The Morgan fingerprint density at radius 2 is 1.69 bits per heavy atom. The molecule has 0 bridgehead atoms. The number of carbonyl (C=O) groups excluding carboxylic acids is 1. The molecule has 1 aliphatic heterocycles. The lowest BCUT2D eigenvalue weighted by Gasteiger charge is -2.32. The summed E-state index contributed by atoms with van der Waals surface area (Å²) in [7, 11) is 2.17. The molecule has 32 heavy (non-hydrogen) atoms. The summed E-state index contributed by atoms with van der Waals surface area (Å²) in [5, 5.41) is 15.5. The molecule has 4 rings (SSSR count). The van der Waals surface area contributed by atoms with Gasteiger partial charge in [-0.05, 0) is 29.8 Å². The molecule has 1 amide bonds. The minimum absolute atomic E-state index is 0.0370. The first kappa shape index (κ1) is 22.1. The third-order valence-electron chi connectivity index (χ3n) is 5.76. The summed E-state index contributed by atoms with van der Waals surface area (Å²) in [6.07, 6.45) is 1.10. The number of benzene rings is 2. The van der Waals surface area contributed by atoms with E-state index in [1.807, 2.05) is 30.3 Å². The molecular weight excluding hydrogens is 402 g/mol. The van der Waals surface area contributed by atoms with Crippen LogP contribution in [0.3, 0.4) is 0 Å². The zero-order valence-electron chi connectivity index (χ0n) is 18.7. The number of aryl methyl sites for hydroxylation is 1. The Labute approximate surface area is 189 Å². The fraction of sp³-hybridized carbons (Fsp3) is 0.417. The summed E-state index contributed by atoms with van der Waals surface area (Å²) in [4.78, 5) is 18.6. The maximum absolute atomic E-state index is 12.2. The topological polar surface area (TPSA) is 79.2 Å². The van der Waals surface area contributed by atoms with Crippen LogP contribution < -0.4 is 5.32 Å². The molecule has 0 saturated carbocycles. The van der Waals surface area contributed by atoms with Gasteiger partial charge in [0.25, 0.3) is 0 Å². The number of piperazine rings is 1. The Kier molecular flexibility index (Phi) is 7.58. The lowest BCUT2D eigenvalue weighted by atomic mass is 10.1. The van der Waals surface area contributed by atoms with E-state index in [0.29, 0.717) is 31.8 Å². The molecule has 0 spiro atoms. The first-order valence-corrected chi connectivity index (χ1v) is 11.2. The lowest BCUT2D eigenvalue weighted by Crippen LogP contribution is -2.43. The van der Waals surface area contributed by atoms with Gasteiger partial charge in [-0.1, -0.05) is 54.6 Å². The maximum atomic E-state index is 12.2. The third-order valence-corrected chi connectivity index (χ3v) is 5.76. The average molecular weight is 434 g/mol. The maximum Gasteiger partial charge on any atom is 0.220 e. The van der Waals surface area contributed by atoms with Gasteiger partial charge in [0.15, 0.2) is 0 Å². The van der Waals surface area contributed by atoms with E-state index in [1.54, 1.807) is 4.80 Å². The van der Waals surface area contributed by atoms with Crippen LogP contribution in [0.1, 0.15) is 24.0 Å². The summed E-state index contributed by atoms with van der Waals surface area (Å²) in [5.41, 5.74) is 3.37. The molecule has 0 aliphatic carbocycles. The van der Waals surface area contributed by atoms with Gasteiger partial charge in [-0.15, -0.1) is 10.2 Å². The zero-order valence-corrected chi connectivity index (χ0v) is 18.7. The first-order chi connectivity index (χ1) is 15.7. The second kappa shape index (κ2) is 11.0. The summed E-state index contributed by atoms with van der Waals surface area (Å²) in [6, 6.07) is 18.3. The monoisotopic (exact) mass is 433 g/mol. The van der Waals surface area contributed by atoms with Crippen LogP contribution in [0.5, 0.6) is 0 Å². The quantitative estimate of drug-likeness (QED) is 0.557. The van der Waals surface area contributed by atoms with Crippen molar-refractivity contribution in [3.05, 3.63) is 65.7 Å². The Balaban J connectivity index is 1.15. The number of tetrazole rings is 1. The van der Waals surface area contributed by atoms with Crippen molar-refractivity contribution in [2.45, 2.75) is 32.5 Å². The predicted molar refractivity (Wildman–Crippen MR) is 124 cm³/mol. The normalized spacial score (nSPS) is 15.0. The van der Waals surface area contributed by atoms with Gasteiger partial charge < -0.3 is 10.2 Å². The van der Waals surface area contributed by atoms with Crippen LogP contribution >= 0.6 is 0 Å². The Morgan fingerprint density at radius 3 is 2.44 bits per heavy atom. The van der Waals surface area contributed by atoms with Crippen molar-refractivity contribution in [3.8, 4) is 11.4 Å². The zero-order chi connectivity index (χ0) is 22.2. The highest BCUT2D eigenvalue weighted by Gasteiger charge is 2.13. The van der Waals surface area contributed by atoms with Crippen LogP contribution in [0, 0.1) is 0 Å². The SMILES string of the molecule is CN1CCN(Cc2ccc(CNC(=O)CCCn3nnc(-c4ccccc4)n3)cc2)CC1. The summed E-state index contributed by atoms with van der Waals surface area (Å²) in [6.45, 7) is 6.60. The molecule has 1 aromatic heterocycles. The van der Waals surface area contributed by atoms with Gasteiger partial charge in [-0.25, -0.2) is 0 Å². The molecule has 0 radical (unpaired) electrons.